The van der Waals surface area contributed by atoms with E-state index in [-0.39, 0.29) is 18.3 Å². The van der Waals surface area contributed by atoms with Crippen molar-refractivity contribution in [3.05, 3.63) is 6.20 Å². The van der Waals surface area contributed by atoms with E-state index >= 15 is 0 Å². The first-order chi connectivity index (χ1) is 9.08. The second kappa shape index (κ2) is 5.65. The average molecular weight is 269 g/mol. The van der Waals surface area contributed by atoms with Crippen molar-refractivity contribution in [3.8, 4) is 0 Å². The van der Waals surface area contributed by atoms with E-state index in [4.69, 9.17) is 0 Å². The molecule has 2 rings (SSSR count). The molecule has 0 radical (unpaired) electrons. The number of aliphatic hydroxyl groups excluding tert-OH is 1. The molecule has 1 aliphatic heterocycles. The van der Waals surface area contributed by atoms with Crippen LogP contribution < -0.4 is 5.32 Å². The Balaban J connectivity index is 1.89. The summed E-state index contributed by atoms with van der Waals surface area (Å²) in [6.45, 7) is 0.845. The highest BCUT2D eigenvalue weighted by Crippen LogP contribution is 2.09. The molecule has 2 amide bonds. The van der Waals surface area contributed by atoms with Crippen molar-refractivity contribution in [2.75, 3.05) is 25.5 Å². The summed E-state index contributed by atoms with van der Waals surface area (Å²) in [6.07, 6.45) is 0.809. The third-order valence-corrected chi connectivity index (χ3v) is 2.74. The van der Waals surface area contributed by atoms with Crippen LogP contribution in [0, 0.1) is 0 Å². The van der Waals surface area contributed by atoms with Crippen molar-refractivity contribution in [2.45, 2.75) is 19.1 Å². The summed E-state index contributed by atoms with van der Waals surface area (Å²) in [5, 5.41) is 19.5. The molecule has 1 fully saturated rings. The fraction of sp³-hybridized carbons (Fsp3) is 0.600. The molecule has 1 unspecified atom stereocenters. The number of likely N-dealkylation sites (tertiary alicyclic amines) is 1. The minimum atomic E-state index is -0.652. The van der Waals surface area contributed by atoms with E-state index in [1.165, 1.54) is 18.1 Å². The molecule has 0 aliphatic carbocycles. The maximum absolute atomic E-state index is 11.8. The van der Waals surface area contributed by atoms with Gasteiger partial charge in [0.15, 0.2) is 5.82 Å². The van der Waals surface area contributed by atoms with Crippen LogP contribution in [0.4, 0.5) is 10.6 Å². The molecule has 0 aromatic carbocycles. The third-order valence-electron chi connectivity index (χ3n) is 2.74. The van der Waals surface area contributed by atoms with Crippen LogP contribution in [0.3, 0.4) is 0 Å². The summed E-state index contributed by atoms with van der Waals surface area (Å²) in [5.74, 6) is 0.0397. The minimum absolute atomic E-state index is 0.0322. The van der Waals surface area contributed by atoms with Crippen molar-refractivity contribution < 1.29 is 19.4 Å². The van der Waals surface area contributed by atoms with Crippen LogP contribution in [-0.4, -0.2) is 63.3 Å². The second-order valence-corrected chi connectivity index (χ2v) is 4.16. The Hall–Kier alpha value is -2.16. The van der Waals surface area contributed by atoms with E-state index in [1.54, 1.807) is 4.90 Å². The lowest BCUT2D eigenvalue weighted by Gasteiger charge is -2.14. The zero-order valence-electron chi connectivity index (χ0n) is 10.4. The number of hydrogen-bond acceptors (Lipinski definition) is 6. The zero-order valence-corrected chi connectivity index (χ0v) is 10.4. The molecule has 9 nitrogen and oxygen atoms in total. The van der Waals surface area contributed by atoms with Crippen LogP contribution in [0.1, 0.15) is 6.42 Å². The molecular weight excluding hydrogens is 254 g/mol. The number of ether oxygens (including phenoxy) is 1. The summed E-state index contributed by atoms with van der Waals surface area (Å²) in [7, 11) is 1.24. The Bertz CT molecular complexity index is 474. The Morgan fingerprint density at radius 2 is 2.42 bits per heavy atom. The topological polar surface area (TPSA) is 110 Å². The summed E-state index contributed by atoms with van der Waals surface area (Å²) < 4.78 is 4.41. The highest BCUT2D eigenvalue weighted by atomic mass is 16.5. The van der Waals surface area contributed by atoms with Gasteiger partial charge in [0.2, 0.25) is 5.91 Å². The van der Waals surface area contributed by atoms with Gasteiger partial charge in [-0.05, 0) is 6.42 Å². The lowest BCUT2D eigenvalue weighted by Crippen LogP contribution is -2.33. The van der Waals surface area contributed by atoms with Crippen LogP contribution in [0.15, 0.2) is 6.20 Å². The largest absolute Gasteiger partial charge is 0.453 e. The van der Waals surface area contributed by atoms with Crippen molar-refractivity contribution in [3.63, 3.8) is 0 Å². The zero-order chi connectivity index (χ0) is 13.8. The van der Waals surface area contributed by atoms with Gasteiger partial charge in [-0.2, -0.15) is 9.90 Å². The smallest absolute Gasteiger partial charge is 0.412 e. The van der Waals surface area contributed by atoms with E-state index in [1.807, 2.05) is 0 Å². The molecule has 19 heavy (non-hydrogen) atoms. The molecule has 1 aliphatic rings. The summed E-state index contributed by atoms with van der Waals surface area (Å²) in [4.78, 5) is 25.5. The molecule has 1 atom stereocenters. The summed E-state index contributed by atoms with van der Waals surface area (Å²) in [6, 6.07) is 0. The molecule has 1 aromatic heterocycles. The van der Waals surface area contributed by atoms with E-state index in [0.717, 1.165) is 0 Å². The molecule has 9 heteroatoms. The number of hydrogen-bond donors (Lipinski definition) is 2. The Kier molecular flexibility index (Phi) is 3.95. The van der Waals surface area contributed by atoms with Gasteiger partial charge in [0, 0.05) is 13.1 Å². The first-order valence-corrected chi connectivity index (χ1v) is 5.79. The third kappa shape index (κ3) is 3.41. The maximum atomic E-state index is 11.8. The van der Waals surface area contributed by atoms with Crippen molar-refractivity contribution >= 4 is 17.8 Å². The van der Waals surface area contributed by atoms with Crippen LogP contribution >= 0.6 is 0 Å². The number of rotatable bonds is 3. The number of aromatic nitrogens is 3. The van der Waals surface area contributed by atoms with Gasteiger partial charge in [0.25, 0.3) is 0 Å². The van der Waals surface area contributed by atoms with Crippen molar-refractivity contribution in [2.24, 2.45) is 0 Å². The second-order valence-electron chi connectivity index (χ2n) is 4.16. The predicted octanol–water partition coefficient (Wildman–Crippen LogP) is -0.950. The summed E-state index contributed by atoms with van der Waals surface area (Å²) >= 11 is 0. The summed E-state index contributed by atoms with van der Waals surface area (Å²) in [5.41, 5.74) is 0. The normalized spacial score (nSPS) is 18.4. The average Bonchev–Trinajstić information content (AvgIpc) is 2.98. The van der Waals surface area contributed by atoms with Gasteiger partial charge >= 0.3 is 6.09 Å². The monoisotopic (exact) mass is 269 g/mol. The van der Waals surface area contributed by atoms with Crippen molar-refractivity contribution in [1.82, 2.24) is 19.9 Å². The molecular formula is C10H15N5O4. The molecule has 1 aromatic rings. The number of nitrogens with one attached hydrogen (secondary N) is 1. The van der Waals surface area contributed by atoms with Crippen LogP contribution in [0.25, 0.3) is 0 Å². The number of methoxy groups -OCH3 is 1. The standard InChI is InChI=1S/C10H15N5O4/c1-19-10(18)12-8-4-11-15(13-8)6-9(17)14-3-2-7(16)5-14/h4,7,16H,2-3,5-6H2,1H3,(H,12,13,18). The number of β-amino-alcohol motifs (C(OH)–C–C–N with tert-alkyl or cyclic N) is 1. The minimum Gasteiger partial charge on any atom is -0.453 e. The van der Waals surface area contributed by atoms with Gasteiger partial charge in [-0.1, -0.05) is 0 Å². The van der Waals surface area contributed by atoms with Crippen molar-refractivity contribution in [1.29, 1.82) is 0 Å². The number of nitrogens with zero attached hydrogens (tertiary/aromatic N) is 4. The number of amides is 2. The fourth-order valence-electron chi connectivity index (χ4n) is 1.78. The maximum Gasteiger partial charge on any atom is 0.412 e. The number of anilines is 1. The Labute approximate surface area is 109 Å². The van der Waals surface area contributed by atoms with Gasteiger partial charge in [-0.3, -0.25) is 10.1 Å². The SMILES string of the molecule is COC(=O)Nc1cnn(CC(=O)N2CCC(O)C2)n1. The lowest BCUT2D eigenvalue weighted by molar-refractivity contribution is -0.131. The Morgan fingerprint density at radius 3 is 3.05 bits per heavy atom. The number of carbonyl (C=O) groups excluding carboxylic acids is 2. The molecule has 2 N–H and O–H groups in total. The van der Waals surface area contributed by atoms with Gasteiger partial charge in [0.05, 0.1) is 19.4 Å². The molecule has 2 heterocycles. The highest BCUT2D eigenvalue weighted by molar-refractivity contribution is 5.82. The van der Waals surface area contributed by atoms with E-state index < -0.39 is 12.2 Å². The fourth-order valence-corrected chi connectivity index (χ4v) is 1.78. The van der Waals surface area contributed by atoms with E-state index in [9.17, 15) is 14.7 Å². The number of aliphatic hydroxyl groups is 1. The first-order valence-electron chi connectivity index (χ1n) is 5.79. The molecule has 1 saturated heterocycles. The van der Waals surface area contributed by atoms with Crippen LogP contribution in [0.5, 0.6) is 0 Å². The van der Waals surface area contributed by atoms with E-state index in [2.05, 4.69) is 20.3 Å². The number of carbonyl (C=O) groups is 2. The van der Waals surface area contributed by atoms with Crippen LogP contribution in [0.2, 0.25) is 0 Å². The Morgan fingerprint density at radius 1 is 1.63 bits per heavy atom. The van der Waals surface area contributed by atoms with Gasteiger partial charge in [0.1, 0.15) is 6.54 Å². The first kappa shape index (κ1) is 13.3. The molecule has 0 saturated carbocycles. The van der Waals surface area contributed by atoms with E-state index in [0.29, 0.717) is 19.5 Å². The predicted molar refractivity (Wildman–Crippen MR) is 63.3 cm³/mol. The molecule has 0 bridgehead atoms. The molecule has 104 valence electrons. The van der Waals surface area contributed by atoms with Gasteiger partial charge in [-0.15, -0.1) is 5.10 Å². The highest BCUT2D eigenvalue weighted by Gasteiger charge is 2.24. The lowest BCUT2D eigenvalue weighted by atomic mass is 10.3. The molecule has 0 spiro atoms. The van der Waals surface area contributed by atoms with Gasteiger partial charge in [-0.25, -0.2) is 4.79 Å². The van der Waals surface area contributed by atoms with Crippen LogP contribution in [-0.2, 0) is 16.1 Å². The van der Waals surface area contributed by atoms with Gasteiger partial charge < -0.3 is 14.7 Å². The quantitative estimate of drug-likeness (QED) is 0.732.